The summed E-state index contributed by atoms with van der Waals surface area (Å²) < 4.78 is 0. The monoisotopic (exact) mass is 226 g/mol. The first-order chi connectivity index (χ1) is 7.56. The highest BCUT2D eigenvalue weighted by Gasteiger charge is 2.34. The number of nitrogens with two attached hydrogens (primary N) is 1. The van der Waals surface area contributed by atoms with Crippen molar-refractivity contribution in [3.63, 3.8) is 0 Å². The highest BCUT2D eigenvalue weighted by Crippen LogP contribution is 2.32. The van der Waals surface area contributed by atoms with Gasteiger partial charge in [-0.1, -0.05) is 27.2 Å². The normalized spacial score (nSPS) is 34.8. The van der Waals surface area contributed by atoms with E-state index in [-0.39, 0.29) is 17.9 Å². The van der Waals surface area contributed by atoms with Crippen molar-refractivity contribution in [3.8, 4) is 0 Å². The number of hydrogen-bond donors (Lipinski definition) is 2. The van der Waals surface area contributed by atoms with Crippen LogP contribution in [0.15, 0.2) is 0 Å². The largest absolute Gasteiger partial charge is 0.356 e. The highest BCUT2D eigenvalue weighted by atomic mass is 16.1. The lowest BCUT2D eigenvalue weighted by atomic mass is 9.72. The summed E-state index contributed by atoms with van der Waals surface area (Å²) in [6.45, 7) is 7.30. The maximum Gasteiger partial charge on any atom is 0.223 e. The number of rotatable bonds is 4. The molecule has 0 aromatic heterocycles. The van der Waals surface area contributed by atoms with Crippen LogP contribution in [0, 0.1) is 17.8 Å². The second kappa shape index (κ2) is 6.24. The van der Waals surface area contributed by atoms with Crippen molar-refractivity contribution in [1.29, 1.82) is 0 Å². The van der Waals surface area contributed by atoms with E-state index in [0.29, 0.717) is 11.8 Å². The SMILES string of the molecule is CCCCNC(=O)C1CC(N)C(C)CC1C. The Morgan fingerprint density at radius 3 is 2.62 bits per heavy atom. The fraction of sp³-hybridized carbons (Fsp3) is 0.923. The van der Waals surface area contributed by atoms with Crippen LogP contribution < -0.4 is 11.1 Å². The molecule has 1 rings (SSSR count). The fourth-order valence-corrected chi connectivity index (χ4v) is 2.57. The molecule has 0 radical (unpaired) electrons. The van der Waals surface area contributed by atoms with Gasteiger partial charge in [-0.3, -0.25) is 4.79 Å². The number of carbonyl (C=O) groups is 1. The number of unbranched alkanes of at least 4 members (excludes halogenated alkanes) is 1. The topological polar surface area (TPSA) is 55.1 Å². The third kappa shape index (κ3) is 3.48. The van der Waals surface area contributed by atoms with Crippen molar-refractivity contribution in [1.82, 2.24) is 5.32 Å². The molecule has 0 heterocycles. The number of amides is 1. The Morgan fingerprint density at radius 1 is 1.31 bits per heavy atom. The van der Waals surface area contributed by atoms with Crippen LogP contribution in [-0.2, 0) is 4.79 Å². The van der Waals surface area contributed by atoms with Gasteiger partial charge in [0.05, 0.1) is 0 Å². The molecule has 4 atom stereocenters. The van der Waals surface area contributed by atoms with Gasteiger partial charge in [-0.05, 0) is 31.1 Å². The lowest BCUT2D eigenvalue weighted by Gasteiger charge is -2.36. The molecule has 3 nitrogen and oxygen atoms in total. The highest BCUT2D eigenvalue weighted by molar-refractivity contribution is 5.79. The van der Waals surface area contributed by atoms with Crippen LogP contribution in [0.5, 0.6) is 0 Å². The molecule has 3 N–H and O–H groups in total. The van der Waals surface area contributed by atoms with Gasteiger partial charge in [0, 0.05) is 18.5 Å². The predicted molar refractivity (Wildman–Crippen MR) is 66.9 cm³/mol. The fourth-order valence-electron chi connectivity index (χ4n) is 2.57. The number of hydrogen-bond acceptors (Lipinski definition) is 2. The van der Waals surface area contributed by atoms with Crippen LogP contribution in [-0.4, -0.2) is 18.5 Å². The standard InChI is InChI=1S/C13H26N2O/c1-4-5-6-15-13(16)11-8-12(14)10(3)7-9(11)2/h9-12H,4-8,14H2,1-3H3,(H,15,16). The number of carbonyl (C=O) groups excluding carboxylic acids is 1. The molecule has 0 spiro atoms. The molecule has 4 unspecified atom stereocenters. The lowest BCUT2D eigenvalue weighted by molar-refractivity contribution is -0.128. The minimum absolute atomic E-state index is 0.128. The van der Waals surface area contributed by atoms with Crippen molar-refractivity contribution < 1.29 is 4.79 Å². The van der Waals surface area contributed by atoms with E-state index in [1.54, 1.807) is 0 Å². The summed E-state index contributed by atoms with van der Waals surface area (Å²) in [7, 11) is 0. The molecular formula is C13H26N2O. The van der Waals surface area contributed by atoms with E-state index in [2.05, 4.69) is 26.1 Å². The van der Waals surface area contributed by atoms with Crippen molar-refractivity contribution >= 4 is 5.91 Å². The summed E-state index contributed by atoms with van der Waals surface area (Å²) in [6.07, 6.45) is 4.11. The van der Waals surface area contributed by atoms with E-state index in [1.807, 2.05) is 0 Å². The maximum absolute atomic E-state index is 12.0. The molecule has 0 saturated heterocycles. The Bertz CT molecular complexity index is 230. The van der Waals surface area contributed by atoms with E-state index in [0.717, 1.165) is 32.2 Å². The van der Waals surface area contributed by atoms with Crippen molar-refractivity contribution in [2.45, 2.75) is 52.5 Å². The first kappa shape index (κ1) is 13.5. The Kier molecular flexibility index (Phi) is 5.26. The zero-order valence-corrected chi connectivity index (χ0v) is 10.8. The zero-order valence-electron chi connectivity index (χ0n) is 10.8. The Labute approximate surface area is 99.2 Å². The zero-order chi connectivity index (χ0) is 12.1. The Hall–Kier alpha value is -0.570. The average molecular weight is 226 g/mol. The maximum atomic E-state index is 12.0. The van der Waals surface area contributed by atoms with Crippen LogP contribution in [0.2, 0.25) is 0 Å². The van der Waals surface area contributed by atoms with Gasteiger partial charge in [0.1, 0.15) is 0 Å². The summed E-state index contributed by atoms with van der Waals surface area (Å²) in [5.74, 6) is 1.36. The van der Waals surface area contributed by atoms with Gasteiger partial charge in [0.25, 0.3) is 0 Å². The van der Waals surface area contributed by atoms with Gasteiger partial charge in [-0.2, -0.15) is 0 Å². The molecule has 16 heavy (non-hydrogen) atoms. The van der Waals surface area contributed by atoms with Crippen LogP contribution in [0.4, 0.5) is 0 Å². The van der Waals surface area contributed by atoms with Crippen LogP contribution in [0.1, 0.15) is 46.5 Å². The molecule has 0 aromatic carbocycles. The lowest BCUT2D eigenvalue weighted by Crippen LogP contribution is -2.45. The summed E-state index contributed by atoms with van der Waals surface area (Å²) in [6, 6.07) is 0.193. The van der Waals surface area contributed by atoms with E-state index in [4.69, 9.17) is 5.73 Å². The molecule has 94 valence electrons. The molecule has 1 fully saturated rings. The van der Waals surface area contributed by atoms with Crippen LogP contribution in [0.25, 0.3) is 0 Å². The van der Waals surface area contributed by atoms with Crippen LogP contribution in [0.3, 0.4) is 0 Å². The van der Waals surface area contributed by atoms with E-state index in [1.165, 1.54) is 0 Å². The molecular weight excluding hydrogens is 200 g/mol. The van der Waals surface area contributed by atoms with Crippen LogP contribution >= 0.6 is 0 Å². The molecule has 0 aliphatic heterocycles. The Balaban J connectivity index is 2.42. The first-order valence-electron chi connectivity index (χ1n) is 6.59. The van der Waals surface area contributed by atoms with E-state index >= 15 is 0 Å². The summed E-state index contributed by atoms with van der Waals surface area (Å²) >= 11 is 0. The second-order valence-electron chi connectivity index (χ2n) is 5.34. The molecule has 1 aliphatic rings. The average Bonchev–Trinajstić information content (AvgIpc) is 2.23. The minimum atomic E-state index is 0.128. The summed E-state index contributed by atoms with van der Waals surface area (Å²) in [4.78, 5) is 12.0. The van der Waals surface area contributed by atoms with Crippen molar-refractivity contribution in [2.24, 2.45) is 23.5 Å². The van der Waals surface area contributed by atoms with Gasteiger partial charge in [-0.15, -0.1) is 0 Å². The van der Waals surface area contributed by atoms with Gasteiger partial charge >= 0.3 is 0 Å². The Morgan fingerprint density at radius 2 is 2.00 bits per heavy atom. The molecule has 0 aromatic rings. The van der Waals surface area contributed by atoms with Crippen molar-refractivity contribution in [2.75, 3.05) is 6.54 Å². The van der Waals surface area contributed by atoms with Gasteiger partial charge < -0.3 is 11.1 Å². The summed E-state index contributed by atoms with van der Waals surface area (Å²) in [5.41, 5.74) is 6.04. The second-order valence-corrected chi connectivity index (χ2v) is 5.34. The molecule has 0 bridgehead atoms. The smallest absolute Gasteiger partial charge is 0.223 e. The molecule has 1 aliphatic carbocycles. The molecule has 1 saturated carbocycles. The van der Waals surface area contributed by atoms with Gasteiger partial charge in [0.2, 0.25) is 5.91 Å². The minimum Gasteiger partial charge on any atom is -0.356 e. The molecule has 3 heteroatoms. The van der Waals surface area contributed by atoms with Crippen molar-refractivity contribution in [3.05, 3.63) is 0 Å². The quantitative estimate of drug-likeness (QED) is 0.719. The molecule has 1 amide bonds. The number of nitrogens with one attached hydrogen (secondary N) is 1. The van der Waals surface area contributed by atoms with Gasteiger partial charge in [-0.25, -0.2) is 0 Å². The third-order valence-electron chi connectivity index (χ3n) is 3.85. The summed E-state index contributed by atoms with van der Waals surface area (Å²) in [5, 5.41) is 3.02. The third-order valence-corrected chi connectivity index (χ3v) is 3.85. The van der Waals surface area contributed by atoms with Gasteiger partial charge in [0.15, 0.2) is 0 Å². The predicted octanol–water partition coefficient (Wildman–Crippen LogP) is 1.91. The first-order valence-corrected chi connectivity index (χ1v) is 6.59. The van der Waals surface area contributed by atoms with E-state index < -0.39 is 0 Å². The van der Waals surface area contributed by atoms with E-state index in [9.17, 15) is 4.79 Å².